The molecule has 0 unspecified atom stereocenters. The predicted molar refractivity (Wildman–Crippen MR) is 256 cm³/mol. The van der Waals surface area contributed by atoms with Gasteiger partial charge in [0.15, 0.2) is 0 Å². The van der Waals surface area contributed by atoms with Gasteiger partial charge in [-0.1, -0.05) is 103 Å². The van der Waals surface area contributed by atoms with Crippen molar-refractivity contribution in [2.24, 2.45) is 0 Å². The second-order valence-corrected chi connectivity index (χ2v) is 18.0. The Hall–Kier alpha value is -7.01. The first-order valence-electron chi connectivity index (χ1n) is 23.9. The molecule has 4 saturated heterocycles. The van der Waals surface area contributed by atoms with Crippen molar-refractivity contribution < 1.29 is 19.1 Å². The number of likely N-dealkylation sites (tertiary alicyclic amines) is 3. The lowest BCUT2D eigenvalue weighted by Crippen LogP contribution is -2.50. The fraction of sp³-hybridized carbons (Fsp3) is 0.352. The van der Waals surface area contributed by atoms with Gasteiger partial charge in [0.1, 0.15) is 23.7 Å². The maximum atomic E-state index is 14.4. The fourth-order valence-corrected chi connectivity index (χ4v) is 10.1. The van der Waals surface area contributed by atoms with E-state index in [9.17, 15) is 14.4 Å². The third-order valence-electron chi connectivity index (χ3n) is 13.7. The van der Waals surface area contributed by atoms with Gasteiger partial charge in [-0.3, -0.25) is 14.5 Å². The highest BCUT2D eigenvalue weighted by atomic mass is 16.5. The number of H-pyrrole nitrogens is 2. The summed E-state index contributed by atoms with van der Waals surface area (Å²) in [5, 5.41) is 3.03. The lowest BCUT2D eigenvalue weighted by Gasteiger charge is -2.37. The first-order chi connectivity index (χ1) is 33.0. The van der Waals surface area contributed by atoms with Gasteiger partial charge in [-0.25, -0.2) is 14.8 Å². The molecule has 13 nitrogen and oxygen atoms in total. The number of carbonyl (C=O) groups is 3. The van der Waals surface area contributed by atoms with Crippen LogP contribution >= 0.6 is 0 Å². The van der Waals surface area contributed by atoms with Crippen LogP contribution in [0.2, 0.25) is 0 Å². The van der Waals surface area contributed by atoms with E-state index < -0.39 is 6.04 Å². The number of nitrogens with zero attached hydrogens (tertiary/aromatic N) is 6. The molecule has 0 radical (unpaired) electrons. The van der Waals surface area contributed by atoms with Crippen LogP contribution in [0.1, 0.15) is 103 Å². The topological polar surface area (TPSA) is 143 Å². The Bertz CT molecular complexity index is 2700. The van der Waals surface area contributed by atoms with Crippen molar-refractivity contribution in [2.45, 2.75) is 69.1 Å². The highest BCUT2D eigenvalue weighted by Gasteiger charge is 2.40. The van der Waals surface area contributed by atoms with Crippen molar-refractivity contribution in [1.29, 1.82) is 0 Å². The second-order valence-electron chi connectivity index (χ2n) is 18.0. The third kappa shape index (κ3) is 9.78. The van der Waals surface area contributed by atoms with Crippen molar-refractivity contribution in [2.75, 3.05) is 52.5 Å². The van der Waals surface area contributed by atoms with Gasteiger partial charge in [0.25, 0.3) is 0 Å². The number of aromatic nitrogens is 4. The fourth-order valence-electron chi connectivity index (χ4n) is 10.1. The molecule has 6 heterocycles. The standard InChI is InChI=1S/C54H57N9O4/c64-52(48(42-12-4-1-5-13-42)59-54(66)61-32-34-67-35-33-61)62-30-10-16-46(62)50-55-36-44(57-50)40-24-20-38(21-25-40)18-19-39-22-26-41(27-23-39)45-37-56-51(58-45)47-17-11-31-63(47)53(65)49(43-14-6-2-7-15-43)60-28-8-3-9-29-60/h1-2,4-7,12-15,20-27,36-37,46-49H,3,8-11,16-17,28-35H2,(H,55,57)(H,56,58)(H,59,66)/t46-,47-,48+,49+/m0/s1. The van der Waals surface area contributed by atoms with E-state index in [2.05, 4.69) is 61.2 Å². The molecule has 3 N–H and O–H groups in total. The molecule has 4 fully saturated rings. The maximum Gasteiger partial charge on any atom is 0.318 e. The van der Waals surface area contributed by atoms with Gasteiger partial charge in [0, 0.05) is 37.3 Å². The lowest BCUT2D eigenvalue weighted by molar-refractivity contribution is -0.139. The van der Waals surface area contributed by atoms with Crippen LogP contribution in [0.3, 0.4) is 0 Å². The highest BCUT2D eigenvalue weighted by molar-refractivity contribution is 5.89. The molecule has 67 heavy (non-hydrogen) atoms. The van der Waals surface area contributed by atoms with Gasteiger partial charge in [0.05, 0.1) is 49.1 Å². The van der Waals surface area contributed by atoms with E-state index in [1.165, 1.54) is 6.42 Å². The molecule has 0 bridgehead atoms. The maximum absolute atomic E-state index is 14.4. The summed E-state index contributed by atoms with van der Waals surface area (Å²) in [4.78, 5) is 66.6. The number of hydrogen-bond donors (Lipinski definition) is 3. The number of ether oxygens (including phenoxy) is 1. The zero-order chi connectivity index (χ0) is 45.5. The van der Waals surface area contributed by atoms with E-state index in [0.717, 1.165) is 115 Å². The van der Waals surface area contributed by atoms with E-state index in [4.69, 9.17) is 14.7 Å². The average molecular weight is 896 g/mol. The number of urea groups is 1. The number of carbonyl (C=O) groups excluding carboxylic acids is 3. The van der Waals surface area contributed by atoms with Crippen molar-refractivity contribution in [3.8, 4) is 34.4 Å². The Kier molecular flexibility index (Phi) is 13.3. The molecule has 4 aliphatic heterocycles. The van der Waals surface area contributed by atoms with Crippen LogP contribution in [-0.2, 0) is 14.3 Å². The Balaban J connectivity index is 0.774. The zero-order valence-electron chi connectivity index (χ0n) is 37.8. The smallest absolute Gasteiger partial charge is 0.318 e. The molecule has 4 aliphatic rings. The van der Waals surface area contributed by atoms with Crippen LogP contribution in [0, 0.1) is 11.8 Å². The number of hydrogen-bond acceptors (Lipinski definition) is 7. The summed E-state index contributed by atoms with van der Waals surface area (Å²) in [5.74, 6) is 8.19. The Labute approximate surface area is 391 Å². The predicted octanol–water partition coefficient (Wildman–Crippen LogP) is 8.20. The molecule has 0 saturated carbocycles. The number of morpholine rings is 1. The van der Waals surface area contributed by atoms with Crippen molar-refractivity contribution in [3.05, 3.63) is 155 Å². The molecule has 13 heteroatoms. The number of amides is 4. The van der Waals surface area contributed by atoms with E-state index in [0.29, 0.717) is 32.8 Å². The Morgan fingerprint density at radius 1 is 0.582 bits per heavy atom. The van der Waals surface area contributed by atoms with E-state index in [1.807, 2.05) is 102 Å². The van der Waals surface area contributed by atoms with Crippen molar-refractivity contribution in [3.63, 3.8) is 0 Å². The largest absolute Gasteiger partial charge is 0.378 e. The molecule has 2 aromatic heterocycles. The average Bonchev–Trinajstić information content (AvgIpc) is 4.25. The molecule has 0 aliphatic carbocycles. The second kappa shape index (κ2) is 20.2. The molecule has 0 spiro atoms. The number of nitrogens with one attached hydrogen (secondary N) is 3. The minimum atomic E-state index is -0.821. The van der Waals surface area contributed by atoms with E-state index in [-0.39, 0.29) is 36.0 Å². The number of imidazole rings is 2. The van der Waals surface area contributed by atoms with Crippen LogP contribution in [0.15, 0.2) is 122 Å². The quantitative estimate of drug-likeness (QED) is 0.118. The zero-order valence-corrected chi connectivity index (χ0v) is 37.8. The SMILES string of the molecule is O=C(N[C@@H](C(=O)N1CCC[C@H]1c1ncc(-c2ccc(C#Cc3ccc(-c4cnc([C@@H]5CCCN5C(=O)[C@@H](c5ccccc5)N5CCCCC5)[nH]4)cc3)cc2)[nH]1)c1ccccc1)N1CCOCC1. The molecule has 4 atom stereocenters. The van der Waals surface area contributed by atoms with Crippen molar-refractivity contribution >= 4 is 17.8 Å². The number of aromatic amines is 2. The molecule has 4 aromatic carbocycles. The number of benzene rings is 4. The Morgan fingerprint density at radius 3 is 1.63 bits per heavy atom. The van der Waals surface area contributed by atoms with Crippen LogP contribution < -0.4 is 5.32 Å². The summed E-state index contributed by atoms with van der Waals surface area (Å²) in [7, 11) is 0. The van der Waals surface area contributed by atoms with Gasteiger partial charge < -0.3 is 34.7 Å². The van der Waals surface area contributed by atoms with E-state index >= 15 is 0 Å². The van der Waals surface area contributed by atoms with Gasteiger partial charge in [-0.15, -0.1) is 0 Å². The summed E-state index contributed by atoms with van der Waals surface area (Å²) in [5.41, 5.74) is 7.33. The van der Waals surface area contributed by atoms with Gasteiger partial charge in [-0.2, -0.15) is 0 Å². The lowest BCUT2D eigenvalue weighted by atomic mass is 10.00. The molecule has 10 rings (SSSR count). The Morgan fingerprint density at radius 2 is 1.09 bits per heavy atom. The van der Waals surface area contributed by atoms with Crippen LogP contribution in [0.5, 0.6) is 0 Å². The van der Waals surface area contributed by atoms with Crippen LogP contribution in [-0.4, -0.2) is 110 Å². The van der Waals surface area contributed by atoms with Crippen molar-refractivity contribution in [1.82, 2.24) is 44.9 Å². The van der Waals surface area contributed by atoms with Gasteiger partial charge >= 0.3 is 6.03 Å². The van der Waals surface area contributed by atoms with E-state index in [1.54, 1.807) is 4.90 Å². The van der Waals surface area contributed by atoms with Crippen LogP contribution in [0.4, 0.5) is 4.79 Å². The molecule has 4 amide bonds. The summed E-state index contributed by atoms with van der Waals surface area (Å²) < 4.78 is 5.43. The van der Waals surface area contributed by atoms with Crippen LogP contribution in [0.25, 0.3) is 22.5 Å². The normalized spacial score (nSPS) is 19.7. The minimum absolute atomic E-state index is 0.0847. The monoisotopic (exact) mass is 895 g/mol. The highest BCUT2D eigenvalue weighted by Crippen LogP contribution is 2.37. The summed E-state index contributed by atoms with van der Waals surface area (Å²) in [6, 6.07) is 34.2. The minimum Gasteiger partial charge on any atom is -0.378 e. The molecule has 6 aromatic rings. The van der Waals surface area contributed by atoms with Gasteiger partial charge in [0.2, 0.25) is 11.8 Å². The summed E-state index contributed by atoms with van der Waals surface area (Å²) >= 11 is 0. The third-order valence-corrected chi connectivity index (χ3v) is 13.7. The van der Waals surface area contributed by atoms with Gasteiger partial charge in [-0.05, 0) is 98.1 Å². The first kappa shape index (κ1) is 43.9. The molecule has 342 valence electrons. The number of rotatable bonds is 10. The molecular formula is C54H57N9O4. The summed E-state index contributed by atoms with van der Waals surface area (Å²) in [6.07, 6.45) is 10.6. The number of piperidine rings is 1. The summed E-state index contributed by atoms with van der Waals surface area (Å²) in [6.45, 7) is 5.13. The first-order valence-corrected chi connectivity index (χ1v) is 23.9. The molecular weight excluding hydrogens is 839 g/mol.